The van der Waals surface area contributed by atoms with E-state index in [4.69, 9.17) is 5.11 Å². The number of hydrogen-bond acceptors (Lipinski definition) is 3. The Bertz CT molecular complexity index is 401. The smallest absolute Gasteiger partial charge is 0.254 e. The lowest BCUT2D eigenvalue weighted by atomic mass is 10.2. The predicted octanol–water partition coefficient (Wildman–Crippen LogP) is 0.600. The maximum Gasteiger partial charge on any atom is 0.254 e. The lowest BCUT2D eigenvalue weighted by molar-refractivity contribution is -0.121. The lowest BCUT2D eigenvalue weighted by Gasteiger charge is -2.16. The molecule has 17 heavy (non-hydrogen) atoms. The molecule has 0 atom stereocenters. The Balaban J connectivity index is 2.63. The van der Waals surface area contributed by atoms with Crippen molar-refractivity contribution in [2.75, 3.05) is 20.1 Å². The van der Waals surface area contributed by atoms with Crippen LogP contribution in [0.3, 0.4) is 0 Å². The van der Waals surface area contributed by atoms with Gasteiger partial charge in [0.1, 0.15) is 5.75 Å². The number of nitrogens with zero attached hydrogens (tertiary/aromatic N) is 1. The largest absolute Gasteiger partial charge is 0.508 e. The highest BCUT2D eigenvalue weighted by molar-refractivity contribution is 5.96. The van der Waals surface area contributed by atoms with E-state index in [0.717, 1.165) is 0 Å². The normalized spacial score (nSPS) is 9.76. The Labute approximate surface area is 100 Å². The highest BCUT2D eigenvalue weighted by Gasteiger charge is 2.14. The molecule has 0 aliphatic heterocycles. The second kappa shape index (κ2) is 5.89. The number of carbonyl (C=O) groups is 2. The van der Waals surface area contributed by atoms with Crippen molar-refractivity contribution < 1.29 is 14.7 Å². The van der Waals surface area contributed by atoms with Crippen LogP contribution in [0.1, 0.15) is 17.3 Å². The average Bonchev–Trinajstić information content (AvgIpc) is 2.29. The number of hydrogen-bond donors (Lipinski definition) is 2. The van der Waals surface area contributed by atoms with Crippen molar-refractivity contribution in [3.8, 4) is 5.75 Å². The van der Waals surface area contributed by atoms with E-state index in [1.807, 2.05) is 6.92 Å². The third-order valence-corrected chi connectivity index (χ3v) is 2.22. The molecule has 1 rings (SSSR count). The number of phenols is 1. The van der Waals surface area contributed by atoms with Gasteiger partial charge in [-0.3, -0.25) is 9.59 Å². The highest BCUT2D eigenvalue weighted by Crippen LogP contribution is 2.10. The summed E-state index contributed by atoms with van der Waals surface area (Å²) in [6, 6.07) is 5.91. The van der Waals surface area contributed by atoms with Gasteiger partial charge < -0.3 is 15.3 Å². The minimum Gasteiger partial charge on any atom is -0.508 e. The van der Waals surface area contributed by atoms with Gasteiger partial charge in [-0.15, -0.1) is 0 Å². The van der Waals surface area contributed by atoms with Crippen LogP contribution < -0.4 is 5.32 Å². The standard InChI is InChI=1S/C12H16N2O3/c1-3-13-11(16)8-14(2)12(17)9-4-6-10(15)7-5-9/h4-7,15H,3,8H2,1-2H3,(H,13,16). The van der Waals surface area contributed by atoms with Gasteiger partial charge in [-0.25, -0.2) is 0 Å². The van der Waals surface area contributed by atoms with Crippen LogP contribution in [-0.2, 0) is 4.79 Å². The minimum absolute atomic E-state index is 0.0214. The van der Waals surface area contributed by atoms with E-state index in [2.05, 4.69) is 5.32 Å². The number of nitrogens with one attached hydrogen (secondary N) is 1. The molecule has 0 spiro atoms. The van der Waals surface area contributed by atoms with Gasteiger partial charge in [0.2, 0.25) is 5.91 Å². The summed E-state index contributed by atoms with van der Waals surface area (Å²) < 4.78 is 0. The molecule has 2 amide bonds. The molecule has 0 bridgehead atoms. The van der Waals surface area contributed by atoms with E-state index < -0.39 is 0 Å². The Hall–Kier alpha value is -2.04. The van der Waals surface area contributed by atoms with Gasteiger partial charge in [-0.05, 0) is 31.2 Å². The van der Waals surface area contributed by atoms with Gasteiger partial charge in [0.25, 0.3) is 5.91 Å². The number of carbonyl (C=O) groups excluding carboxylic acids is 2. The number of phenolic OH excluding ortho intramolecular Hbond substituents is 1. The molecule has 0 saturated heterocycles. The van der Waals surface area contributed by atoms with Gasteiger partial charge in [-0.2, -0.15) is 0 Å². The molecule has 0 unspecified atom stereocenters. The molecule has 1 aromatic carbocycles. The number of rotatable bonds is 4. The molecule has 0 radical (unpaired) electrons. The molecule has 0 aliphatic carbocycles. The van der Waals surface area contributed by atoms with Crippen molar-refractivity contribution in [2.45, 2.75) is 6.92 Å². The van der Waals surface area contributed by atoms with E-state index >= 15 is 0 Å². The van der Waals surface area contributed by atoms with Crippen molar-refractivity contribution in [3.63, 3.8) is 0 Å². The zero-order chi connectivity index (χ0) is 12.8. The minimum atomic E-state index is -0.253. The Kier molecular flexibility index (Phi) is 4.51. The first kappa shape index (κ1) is 13.0. The van der Waals surface area contributed by atoms with E-state index in [-0.39, 0.29) is 24.1 Å². The SMILES string of the molecule is CCNC(=O)CN(C)C(=O)c1ccc(O)cc1. The van der Waals surface area contributed by atoms with E-state index in [9.17, 15) is 9.59 Å². The monoisotopic (exact) mass is 236 g/mol. The number of likely N-dealkylation sites (N-methyl/N-ethyl adjacent to an activating group) is 2. The number of benzene rings is 1. The van der Waals surface area contributed by atoms with Crippen molar-refractivity contribution in [1.29, 1.82) is 0 Å². The molecule has 0 saturated carbocycles. The quantitative estimate of drug-likeness (QED) is 0.804. The first-order chi connectivity index (χ1) is 8.04. The van der Waals surface area contributed by atoms with Gasteiger partial charge in [0.15, 0.2) is 0 Å². The Morgan fingerprint density at radius 2 is 1.88 bits per heavy atom. The summed E-state index contributed by atoms with van der Waals surface area (Å²) >= 11 is 0. The number of aromatic hydroxyl groups is 1. The van der Waals surface area contributed by atoms with Crippen LogP contribution in [0.2, 0.25) is 0 Å². The fraction of sp³-hybridized carbons (Fsp3) is 0.333. The maximum atomic E-state index is 11.9. The van der Waals surface area contributed by atoms with Gasteiger partial charge in [0, 0.05) is 19.2 Å². The Morgan fingerprint density at radius 1 is 1.29 bits per heavy atom. The van der Waals surface area contributed by atoms with Crippen LogP contribution in [0.15, 0.2) is 24.3 Å². The molecule has 5 nitrogen and oxygen atoms in total. The van der Waals surface area contributed by atoms with Gasteiger partial charge >= 0.3 is 0 Å². The van der Waals surface area contributed by atoms with Crippen LogP contribution in [0.4, 0.5) is 0 Å². The van der Waals surface area contributed by atoms with Crippen LogP contribution in [0, 0.1) is 0 Å². The topological polar surface area (TPSA) is 69.6 Å². The molecular weight excluding hydrogens is 220 g/mol. The molecule has 0 heterocycles. The summed E-state index contributed by atoms with van der Waals surface area (Å²) in [6.07, 6.45) is 0. The second-order valence-electron chi connectivity index (χ2n) is 3.66. The molecule has 92 valence electrons. The van der Waals surface area contributed by atoms with Crippen molar-refractivity contribution in [2.24, 2.45) is 0 Å². The molecule has 2 N–H and O–H groups in total. The van der Waals surface area contributed by atoms with E-state index in [1.165, 1.54) is 29.2 Å². The molecule has 0 fully saturated rings. The molecule has 1 aromatic rings. The maximum absolute atomic E-state index is 11.9. The molecular formula is C12H16N2O3. The molecule has 0 aliphatic rings. The summed E-state index contributed by atoms with van der Waals surface area (Å²) in [5.41, 5.74) is 0.439. The second-order valence-corrected chi connectivity index (χ2v) is 3.66. The van der Waals surface area contributed by atoms with Gasteiger partial charge in [-0.1, -0.05) is 0 Å². The predicted molar refractivity (Wildman–Crippen MR) is 63.8 cm³/mol. The van der Waals surface area contributed by atoms with Crippen molar-refractivity contribution in [3.05, 3.63) is 29.8 Å². The summed E-state index contributed by atoms with van der Waals surface area (Å²) in [7, 11) is 1.56. The van der Waals surface area contributed by atoms with Crippen LogP contribution in [0.5, 0.6) is 5.75 Å². The lowest BCUT2D eigenvalue weighted by Crippen LogP contribution is -2.38. The summed E-state index contributed by atoms with van der Waals surface area (Å²) in [5.74, 6) is -0.341. The van der Waals surface area contributed by atoms with E-state index in [0.29, 0.717) is 12.1 Å². The summed E-state index contributed by atoms with van der Waals surface area (Å²) in [6.45, 7) is 2.38. The first-order valence-electron chi connectivity index (χ1n) is 5.35. The third kappa shape index (κ3) is 3.79. The third-order valence-electron chi connectivity index (χ3n) is 2.22. The van der Waals surface area contributed by atoms with Crippen LogP contribution in [-0.4, -0.2) is 42.0 Å². The Morgan fingerprint density at radius 3 is 2.41 bits per heavy atom. The van der Waals surface area contributed by atoms with Crippen LogP contribution in [0.25, 0.3) is 0 Å². The summed E-state index contributed by atoms with van der Waals surface area (Å²) in [4.78, 5) is 24.5. The number of amides is 2. The van der Waals surface area contributed by atoms with Crippen molar-refractivity contribution >= 4 is 11.8 Å². The fourth-order valence-electron chi connectivity index (χ4n) is 1.36. The zero-order valence-electron chi connectivity index (χ0n) is 9.93. The summed E-state index contributed by atoms with van der Waals surface area (Å²) in [5, 5.41) is 11.7. The van der Waals surface area contributed by atoms with Crippen LogP contribution >= 0.6 is 0 Å². The highest BCUT2D eigenvalue weighted by atomic mass is 16.3. The average molecular weight is 236 g/mol. The van der Waals surface area contributed by atoms with E-state index in [1.54, 1.807) is 7.05 Å². The first-order valence-corrected chi connectivity index (χ1v) is 5.35. The molecule has 5 heteroatoms. The fourth-order valence-corrected chi connectivity index (χ4v) is 1.36. The van der Waals surface area contributed by atoms with Gasteiger partial charge in [0.05, 0.1) is 6.54 Å². The molecule has 0 aromatic heterocycles. The van der Waals surface area contributed by atoms with Crippen molar-refractivity contribution in [1.82, 2.24) is 10.2 Å². The zero-order valence-corrected chi connectivity index (χ0v) is 9.93.